The van der Waals surface area contributed by atoms with Crippen LogP contribution in [0.4, 0.5) is 0 Å². The van der Waals surface area contributed by atoms with Gasteiger partial charge in [0.2, 0.25) is 0 Å². The molecule has 1 spiro atoms. The lowest BCUT2D eigenvalue weighted by Gasteiger charge is -2.52. The molecule has 4 aliphatic heterocycles. The molecule has 4 saturated heterocycles. The number of fused-ring (bicyclic) bond motifs is 3. The van der Waals surface area contributed by atoms with Crippen molar-refractivity contribution >= 4 is 7.28 Å². The fraction of sp³-hybridized carbons (Fsp3) is 1.00. The van der Waals surface area contributed by atoms with Gasteiger partial charge in [-0.1, -0.05) is 57.1 Å². The molecule has 0 N–H and O–H groups in total. The molecule has 2 bridgehead atoms. The predicted octanol–water partition coefficient (Wildman–Crippen LogP) is 4.26. The monoisotopic (exact) mass is 317 g/mol. The van der Waals surface area contributed by atoms with Crippen molar-refractivity contribution in [3.63, 3.8) is 0 Å². The molecule has 0 aromatic rings. The zero-order valence-electron chi connectivity index (χ0n) is 15.8. The smallest absolute Gasteiger partial charge is 0.131 e. The summed E-state index contributed by atoms with van der Waals surface area (Å²) in [4.78, 5) is 2.90. The van der Waals surface area contributed by atoms with E-state index in [1.807, 2.05) is 0 Å². The van der Waals surface area contributed by atoms with Gasteiger partial charge in [-0.25, -0.2) is 0 Å². The van der Waals surface area contributed by atoms with Crippen LogP contribution in [-0.4, -0.2) is 43.0 Å². The van der Waals surface area contributed by atoms with Crippen molar-refractivity contribution in [3.05, 3.63) is 0 Å². The van der Waals surface area contributed by atoms with Gasteiger partial charge < -0.3 is 4.74 Å². The van der Waals surface area contributed by atoms with Crippen LogP contribution in [0.15, 0.2) is 0 Å². The van der Waals surface area contributed by atoms with Gasteiger partial charge in [0.15, 0.2) is 0 Å². The van der Waals surface area contributed by atoms with E-state index in [1.165, 1.54) is 52.2 Å². The summed E-state index contributed by atoms with van der Waals surface area (Å²) in [5.74, 6) is 2.85. The van der Waals surface area contributed by atoms with Crippen molar-refractivity contribution in [1.82, 2.24) is 4.90 Å². The second-order valence-electron chi connectivity index (χ2n) is 10.0. The van der Waals surface area contributed by atoms with E-state index in [9.17, 15) is 0 Å². The minimum absolute atomic E-state index is 0.413. The van der Waals surface area contributed by atoms with E-state index < -0.39 is 0 Å². The molecule has 0 aromatic heterocycles. The fourth-order valence-electron chi connectivity index (χ4n) is 6.94. The van der Waals surface area contributed by atoms with Crippen molar-refractivity contribution in [2.75, 3.05) is 13.2 Å². The summed E-state index contributed by atoms with van der Waals surface area (Å²) >= 11 is 0. The first-order valence-electron chi connectivity index (χ1n) is 10.3. The van der Waals surface area contributed by atoms with Crippen molar-refractivity contribution < 1.29 is 4.74 Å². The molecule has 0 radical (unpaired) electrons. The van der Waals surface area contributed by atoms with Crippen molar-refractivity contribution in [3.8, 4) is 0 Å². The van der Waals surface area contributed by atoms with Crippen LogP contribution in [0.1, 0.15) is 72.6 Å². The Morgan fingerprint density at radius 3 is 2.39 bits per heavy atom. The molecule has 4 heterocycles. The van der Waals surface area contributed by atoms with Gasteiger partial charge >= 0.3 is 0 Å². The lowest BCUT2D eigenvalue weighted by Crippen LogP contribution is -2.62. The number of hydrogen-bond acceptors (Lipinski definition) is 2. The molecule has 3 heteroatoms. The minimum Gasteiger partial charge on any atom is -0.377 e. The van der Waals surface area contributed by atoms with Crippen LogP contribution in [0, 0.1) is 11.8 Å². The quantitative estimate of drug-likeness (QED) is 0.706. The average Bonchev–Trinajstić information content (AvgIpc) is 2.75. The van der Waals surface area contributed by atoms with Crippen LogP contribution in [-0.2, 0) is 4.74 Å². The maximum Gasteiger partial charge on any atom is 0.131 e. The highest BCUT2D eigenvalue weighted by Crippen LogP contribution is 2.61. The molecule has 1 saturated carbocycles. The summed E-state index contributed by atoms with van der Waals surface area (Å²) in [6.07, 6.45) is 10.3. The Kier molecular flexibility index (Phi) is 4.12. The predicted molar refractivity (Wildman–Crippen MR) is 98.6 cm³/mol. The summed E-state index contributed by atoms with van der Waals surface area (Å²) < 4.78 is 5.70. The summed E-state index contributed by atoms with van der Waals surface area (Å²) in [6.45, 7) is 11.8. The third-order valence-electron chi connectivity index (χ3n) is 8.06. The molecule has 5 rings (SSSR count). The molecule has 1 aliphatic carbocycles. The van der Waals surface area contributed by atoms with Crippen LogP contribution < -0.4 is 0 Å². The SMILES string of the molecule is CC(C)N1C2CCCCC3(C(C)C)BC(CC2CC12COC2)C3. The molecule has 0 aromatic carbocycles. The van der Waals surface area contributed by atoms with Crippen molar-refractivity contribution in [1.29, 1.82) is 0 Å². The molecule has 4 unspecified atom stereocenters. The Balaban J connectivity index is 1.53. The highest BCUT2D eigenvalue weighted by Gasteiger charge is 2.57. The molecule has 23 heavy (non-hydrogen) atoms. The summed E-state index contributed by atoms with van der Waals surface area (Å²) in [5, 5.41) is 0.713. The third-order valence-corrected chi connectivity index (χ3v) is 8.06. The molecule has 2 nitrogen and oxygen atoms in total. The summed E-state index contributed by atoms with van der Waals surface area (Å²) in [6, 6.07) is 1.51. The Bertz CT molecular complexity index is 439. The lowest BCUT2D eigenvalue weighted by molar-refractivity contribution is -0.141. The number of ether oxygens (including phenoxy) is 1. The molecular formula is C20H36BNO. The normalized spacial score (nSPS) is 43.0. The van der Waals surface area contributed by atoms with E-state index in [1.54, 1.807) is 0 Å². The van der Waals surface area contributed by atoms with Crippen LogP contribution in [0.5, 0.6) is 0 Å². The van der Waals surface area contributed by atoms with E-state index in [2.05, 4.69) is 32.6 Å². The van der Waals surface area contributed by atoms with Crippen LogP contribution in [0.3, 0.4) is 0 Å². The molecule has 5 aliphatic rings. The maximum absolute atomic E-state index is 5.70. The Morgan fingerprint density at radius 2 is 1.83 bits per heavy atom. The first-order valence-corrected chi connectivity index (χ1v) is 10.3. The Hall–Kier alpha value is -0.0151. The number of likely N-dealkylation sites (tertiary alicyclic amines) is 1. The van der Waals surface area contributed by atoms with Gasteiger partial charge in [0.05, 0.1) is 18.8 Å². The highest BCUT2D eigenvalue weighted by molar-refractivity contribution is 6.46. The second kappa shape index (κ2) is 5.76. The topological polar surface area (TPSA) is 12.5 Å². The van der Waals surface area contributed by atoms with Gasteiger partial charge in [0.1, 0.15) is 7.28 Å². The first kappa shape index (κ1) is 16.5. The highest BCUT2D eigenvalue weighted by atomic mass is 16.5. The third kappa shape index (κ3) is 2.52. The lowest BCUT2D eigenvalue weighted by atomic mass is 9.27. The zero-order chi connectivity index (χ0) is 16.2. The van der Waals surface area contributed by atoms with E-state index in [0.717, 1.165) is 36.9 Å². The van der Waals surface area contributed by atoms with E-state index in [0.29, 0.717) is 16.9 Å². The van der Waals surface area contributed by atoms with Crippen LogP contribution in [0.25, 0.3) is 0 Å². The fourth-order valence-corrected chi connectivity index (χ4v) is 6.94. The van der Waals surface area contributed by atoms with Gasteiger partial charge in [0, 0.05) is 12.1 Å². The summed E-state index contributed by atoms with van der Waals surface area (Å²) in [5.41, 5.74) is 0.413. The maximum atomic E-state index is 5.70. The largest absolute Gasteiger partial charge is 0.377 e. The first-order chi connectivity index (χ1) is 11.0. The average molecular weight is 317 g/mol. The summed E-state index contributed by atoms with van der Waals surface area (Å²) in [7, 11) is 1.53. The van der Waals surface area contributed by atoms with Gasteiger partial charge in [-0.05, 0) is 38.5 Å². The van der Waals surface area contributed by atoms with Gasteiger partial charge in [-0.3, -0.25) is 4.90 Å². The number of nitrogens with zero attached hydrogens (tertiary/aromatic N) is 1. The van der Waals surface area contributed by atoms with E-state index in [4.69, 9.17) is 4.74 Å². The Morgan fingerprint density at radius 1 is 1.09 bits per heavy atom. The molecule has 4 atom stereocenters. The molecule has 130 valence electrons. The number of hydrogen-bond donors (Lipinski definition) is 0. The van der Waals surface area contributed by atoms with Crippen LogP contribution in [0.2, 0.25) is 11.1 Å². The van der Waals surface area contributed by atoms with Gasteiger partial charge in [-0.15, -0.1) is 0 Å². The molecule has 5 fully saturated rings. The van der Waals surface area contributed by atoms with E-state index >= 15 is 0 Å². The van der Waals surface area contributed by atoms with Crippen LogP contribution >= 0.6 is 0 Å². The van der Waals surface area contributed by atoms with Crippen molar-refractivity contribution in [2.24, 2.45) is 11.8 Å². The zero-order valence-corrected chi connectivity index (χ0v) is 15.8. The second-order valence-corrected chi connectivity index (χ2v) is 10.0. The van der Waals surface area contributed by atoms with Crippen molar-refractivity contribution in [2.45, 2.75) is 101 Å². The molecular weight excluding hydrogens is 281 g/mol. The van der Waals surface area contributed by atoms with Gasteiger partial charge in [-0.2, -0.15) is 0 Å². The van der Waals surface area contributed by atoms with Gasteiger partial charge in [0.25, 0.3) is 0 Å². The Labute approximate surface area is 144 Å². The standard InChI is InChI=1S/C20H36BNO/c1-14(2)20-8-6-5-7-18-16(9-17(11-20)21-20)10-19(12-23-13-19)22(18)15(3)4/h14-18,21H,5-13H2,1-4H3. The van der Waals surface area contributed by atoms with E-state index in [-0.39, 0.29) is 0 Å². The molecule has 0 amide bonds. The minimum atomic E-state index is 0.413. The number of rotatable bonds is 2.